The van der Waals surface area contributed by atoms with Crippen LogP contribution in [0.4, 0.5) is 0 Å². The number of hydrogen-bond donors (Lipinski definition) is 1. The van der Waals surface area contributed by atoms with Crippen LogP contribution in [0.1, 0.15) is 57.5 Å². The summed E-state index contributed by atoms with van der Waals surface area (Å²) < 4.78 is 5.10. The molecule has 0 bridgehead atoms. The number of aromatic nitrogens is 2. The lowest BCUT2D eigenvalue weighted by atomic mass is 10.2. The van der Waals surface area contributed by atoms with E-state index < -0.39 is 0 Å². The third-order valence-corrected chi connectivity index (χ3v) is 4.70. The van der Waals surface area contributed by atoms with Crippen molar-refractivity contribution in [3.8, 4) is 0 Å². The monoisotopic (exact) mass is 291 g/mol. The second-order valence-electron chi connectivity index (χ2n) is 5.04. The van der Waals surface area contributed by atoms with Crippen molar-refractivity contribution in [3.63, 3.8) is 0 Å². The molecule has 0 atom stereocenters. The summed E-state index contributed by atoms with van der Waals surface area (Å²) in [7, 11) is 0. The van der Waals surface area contributed by atoms with Crippen LogP contribution in [0.15, 0.2) is 10.6 Å². The summed E-state index contributed by atoms with van der Waals surface area (Å²) in [5, 5.41) is 7.91. The summed E-state index contributed by atoms with van der Waals surface area (Å²) in [5.41, 5.74) is 1.89. The van der Waals surface area contributed by atoms with E-state index in [1.807, 2.05) is 6.92 Å². The molecule has 106 valence electrons. The van der Waals surface area contributed by atoms with Crippen molar-refractivity contribution in [2.24, 2.45) is 0 Å². The van der Waals surface area contributed by atoms with E-state index in [2.05, 4.69) is 22.4 Å². The molecule has 2 aromatic rings. The largest absolute Gasteiger partial charge is 0.351 e. The van der Waals surface area contributed by atoms with Crippen molar-refractivity contribution >= 4 is 17.2 Å². The lowest BCUT2D eigenvalue weighted by molar-refractivity contribution is 0.0914. The van der Waals surface area contributed by atoms with Crippen LogP contribution in [0.5, 0.6) is 0 Å². The molecular formula is C14H17N3O2S. The lowest BCUT2D eigenvalue weighted by Crippen LogP contribution is -2.22. The second kappa shape index (κ2) is 5.36. The Bertz CT molecular complexity index is 628. The van der Waals surface area contributed by atoms with Crippen LogP contribution in [-0.4, -0.2) is 16.0 Å². The zero-order valence-corrected chi connectivity index (χ0v) is 12.4. The average Bonchev–Trinajstić information content (AvgIpc) is 3.06. The van der Waals surface area contributed by atoms with Gasteiger partial charge in [0.2, 0.25) is 5.76 Å². The highest BCUT2D eigenvalue weighted by molar-refractivity contribution is 7.11. The quantitative estimate of drug-likeness (QED) is 0.919. The van der Waals surface area contributed by atoms with Crippen LogP contribution in [0, 0.1) is 6.92 Å². The minimum absolute atomic E-state index is 0.213. The summed E-state index contributed by atoms with van der Waals surface area (Å²) in [4.78, 5) is 17.5. The second-order valence-corrected chi connectivity index (χ2v) is 6.21. The molecule has 5 nitrogen and oxygen atoms in total. The van der Waals surface area contributed by atoms with Crippen molar-refractivity contribution in [1.82, 2.24) is 15.5 Å². The Hall–Kier alpha value is -1.69. The Morgan fingerprint density at radius 3 is 3.00 bits per heavy atom. The maximum absolute atomic E-state index is 12.0. The third kappa shape index (κ3) is 2.75. The summed E-state index contributed by atoms with van der Waals surface area (Å²) in [5.74, 6) is 0.580. The van der Waals surface area contributed by atoms with Gasteiger partial charge in [0.1, 0.15) is 0 Å². The molecule has 0 radical (unpaired) electrons. The van der Waals surface area contributed by atoms with Gasteiger partial charge in [-0.2, -0.15) is 0 Å². The first kappa shape index (κ1) is 13.3. The van der Waals surface area contributed by atoms with E-state index in [-0.39, 0.29) is 5.91 Å². The van der Waals surface area contributed by atoms with Crippen LogP contribution in [0.25, 0.3) is 0 Å². The molecule has 1 amide bonds. The number of hydrogen-bond acceptors (Lipinski definition) is 5. The zero-order chi connectivity index (χ0) is 14.1. The van der Waals surface area contributed by atoms with Crippen molar-refractivity contribution in [2.75, 3.05) is 0 Å². The molecule has 1 N–H and O–H groups in total. The van der Waals surface area contributed by atoms with Crippen LogP contribution >= 0.6 is 11.3 Å². The standard InChI is InChI=1S/C14H17N3O2S/c1-3-13-16-8(2)12(20-13)7-15-14(18)11-6-10(17-19-11)9-4-5-9/h6,9H,3-5,7H2,1-2H3,(H,15,18). The number of aryl methyl sites for hydroxylation is 2. The fraction of sp³-hybridized carbons (Fsp3) is 0.500. The van der Waals surface area contributed by atoms with Crippen molar-refractivity contribution < 1.29 is 9.32 Å². The van der Waals surface area contributed by atoms with E-state index in [9.17, 15) is 4.79 Å². The third-order valence-electron chi connectivity index (χ3n) is 3.40. The summed E-state index contributed by atoms with van der Waals surface area (Å²) in [6, 6.07) is 1.75. The van der Waals surface area contributed by atoms with E-state index in [1.165, 1.54) is 0 Å². The fourth-order valence-corrected chi connectivity index (χ4v) is 2.97. The first-order valence-corrected chi connectivity index (χ1v) is 7.69. The van der Waals surface area contributed by atoms with Gasteiger partial charge in [0, 0.05) is 16.9 Å². The van der Waals surface area contributed by atoms with Crippen molar-refractivity contribution in [3.05, 3.63) is 33.1 Å². The topological polar surface area (TPSA) is 68.0 Å². The normalized spacial score (nSPS) is 14.5. The van der Waals surface area contributed by atoms with Crippen LogP contribution in [-0.2, 0) is 13.0 Å². The molecule has 1 aliphatic carbocycles. The summed E-state index contributed by atoms with van der Waals surface area (Å²) >= 11 is 1.64. The van der Waals surface area contributed by atoms with Crippen LogP contribution < -0.4 is 5.32 Å². The van der Waals surface area contributed by atoms with E-state index in [1.54, 1.807) is 17.4 Å². The van der Waals surface area contributed by atoms with E-state index in [4.69, 9.17) is 4.52 Å². The van der Waals surface area contributed by atoms with E-state index in [0.717, 1.165) is 40.5 Å². The maximum Gasteiger partial charge on any atom is 0.290 e. The highest BCUT2D eigenvalue weighted by Gasteiger charge is 2.28. The van der Waals surface area contributed by atoms with Gasteiger partial charge < -0.3 is 9.84 Å². The highest BCUT2D eigenvalue weighted by Crippen LogP contribution is 2.39. The molecule has 1 fully saturated rings. The number of amides is 1. The molecule has 1 saturated carbocycles. The van der Waals surface area contributed by atoms with Gasteiger partial charge in [-0.05, 0) is 26.2 Å². The summed E-state index contributed by atoms with van der Waals surface area (Å²) in [6.45, 7) is 4.53. The van der Waals surface area contributed by atoms with Gasteiger partial charge in [-0.25, -0.2) is 4.98 Å². The van der Waals surface area contributed by atoms with E-state index in [0.29, 0.717) is 18.2 Å². The minimum Gasteiger partial charge on any atom is -0.351 e. The number of carbonyl (C=O) groups is 1. The number of carbonyl (C=O) groups excluding carboxylic acids is 1. The Balaban J connectivity index is 1.61. The fourth-order valence-electron chi connectivity index (χ4n) is 2.02. The molecule has 0 aromatic carbocycles. The molecule has 20 heavy (non-hydrogen) atoms. The summed E-state index contributed by atoms with van der Waals surface area (Å²) in [6.07, 6.45) is 3.22. The lowest BCUT2D eigenvalue weighted by Gasteiger charge is -2.00. The predicted octanol–water partition coefficient (Wildman–Crippen LogP) is 2.81. The molecule has 0 spiro atoms. The number of rotatable bonds is 5. The van der Waals surface area contributed by atoms with Gasteiger partial charge in [0.15, 0.2) is 0 Å². The maximum atomic E-state index is 12.0. The molecule has 2 heterocycles. The highest BCUT2D eigenvalue weighted by atomic mass is 32.1. The molecule has 6 heteroatoms. The molecular weight excluding hydrogens is 274 g/mol. The van der Waals surface area contributed by atoms with Crippen molar-refractivity contribution in [2.45, 2.75) is 45.6 Å². The number of nitrogens with one attached hydrogen (secondary N) is 1. The zero-order valence-electron chi connectivity index (χ0n) is 11.6. The SMILES string of the molecule is CCc1nc(C)c(CNC(=O)c2cc(C3CC3)no2)s1. The van der Waals surface area contributed by atoms with Gasteiger partial charge in [-0.15, -0.1) is 11.3 Å². The molecule has 0 saturated heterocycles. The van der Waals surface area contributed by atoms with Crippen molar-refractivity contribution in [1.29, 1.82) is 0 Å². The Labute approximate surface area is 121 Å². The van der Waals surface area contributed by atoms with Gasteiger partial charge in [-0.1, -0.05) is 12.1 Å². The van der Waals surface area contributed by atoms with Crippen LogP contribution in [0.3, 0.4) is 0 Å². The first-order chi connectivity index (χ1) is 9.67. The van der Waals surface area contributed by atoms with Gasteiger partial charge >= 0.3 is 0 Å². The van der Waals surface area contributed by atoms with Gasteiger partial charge in [0.25, 0.3) is 5.91 Å². The Morgan fingerprint density at radius 2 is 2.35 bits per heavy atom. The number of thiazole rings is 1. The van der Waals surface area contributed by atoms with Crippen LogP contribution in [0.2, 0.25) is 0 Å². The van der Waals surface area contributed by atoms with E-state index >= 15 is 0 Å². The smallest absolute Gasteiger partial charge is 0.290 e. The molecule has 0 aliphatic heterocycles. The average molecular weight is 291 g/mol. The first-order valence-electron chi connectivity index (χ1n) is 6.87. The predicted molar refractivity (Wildman–Crippen MR) is 75.9 cm³/mol. The Kier molecular flexibility index (Phi) is 3.56. The number of nitrogens with zero attached hydrogens (tertiary/aromatic N) is 2. The van der Waals surface area contributed by atoms with Gasteiger partial charge in [-0.3, -0.25) is 4.79 Å². The molecule has 2 aromatic heterocycles. The molecule has 1 aliphatic rings. The Morgan fingerprint density at radius 1 is 1.55 bits per heavy atom. The van der Waals surface area contributed by atoms with Gasteiger partial charge in [0.05, 0.1) is 22.9 Å². The molecule has 0 unspecified atom stereocenters. The minimum atomic E-state index is -0.213. The molecule has 3 rings (SSSR count).